The van der Waals surface area contributed by atoms with Crippen molar-refractivity contribution in [2.75, 3.05) is 5.32 Å². The van der Waals surface area contributed by atoms with Crippen molar-refractivity contribution in [3.8, 4) is 5.75 Å². The number of carbonyl (C=O) groups excluding carboxylic acids is 1. The second-order valence-electron chi connectivity index (χ2n) is 6.98. The van der Waals surface area contributed by atoms with Crippen LogP contribution in [0.15, 0.2) is 79.0 Å². The fraction of sp³-hybridized carbons (Fsp3) is 0.167. The highest BCUT2D eigenvalue weighted by Crippen LogP contribution is 2.18. The van der Waals surface area contributed by atoms with Gasteiger partial charge in [-0.2, -0.15) is 5.10 Å². The molecular formula is C24H23N3O2. The molecule has 1 amide bonds. The van der Waals surface area contributed by atoms with Crippen molar-refractivity contribution >= 4 is 22.5 Å². The van der Waals surface area contributed by atoms with Crippen LogP contribution < -0.4 is 10.1 Å². The first-order chi connectivity index (χ1) is 14.2. The Labute approximate surface area is 169 Å². The Kier molecular flexibility index (Phi) is 5.56. The van der Waals surface area contributed by atoms with Crippen molar-refractivity contribution in [1.29, 1.82) is 0 Å². The minimum absolute atomic E-state index is 0.0394. The monoisotopic (exact) mass is 385 g/mol. The third-order valence-corrected chi connectivity index (χ3v) is 4.82. The van der Waals surface area contributed by atoms with Gasteiger partial charge in [0.15, 0.2) is 0 Å². The summed E-state index contributed by atoms with van der Waals surface area (Å²) >= 11 is 0. The molecule has 0 spiro atoms. The molecule has 146 valence electrons. The molecule has 4 rings (SSSR count). The van der Waals surface area contributed by atoms with Gasteiger partial charge in [0.05, 0.1) is 18.3 Å². The summed E-state index contributed by atoms with van der Waals surface area (Å²) in [5.41, 5.74) is 4.01. The van der Waals surface area contributed by atoms with Crippen molar-refractivity contribution in [2.45, 2.75) is 26.5 Å². The molecule has 1 aromatic heterocycles. The zero-order chi connectivity index (χ0) is 20.1. The van der Waals surface area contributed by atoms with Gasteiger partial charge in [0.1, 0.15) is 12.4 Å². The van der Waals surface area contributed by atoms with Crippen LogP contribution in [0.4, 0.5) is 5.69 Å². The molecule has 0 atom stereocenters. The maximum Gasteiger partial charge on any atom is 0.226 e. The van der Waals surface area contributed by atoms with Gasteiger partial charge in [-0.25, -0.2) is 0 Å². The number of ether oxygens (including phenoxy) is 1. The van der Waals surface area contributed by atoms with Crippen LogP contribution >= 0.6 is 0 Å². The third kappa shape index (κ3) is 4.63. The molecule has 3 aromatic carbocycles. The van der Waals surface area contributed by atoms with Gasteiger partial charge in [-0.15, -0.1) is 0 Å². The Morgan fingerprint density at radius 2 is 1.86 bits per heavy atom. The second kappa shape index (κ2) is 8.61. The van der Waals surface area contributed by atoms with Gasteiger partial charge in [-0.3, -0.25) is 9.48 Å². The zero-order valence-corrected chi connectivity index (χ0v) is 16.3. The van der Waals surface area contributed by atoms with E-state index in [1.165, 1.54) is 5.56 Å². The molecule has 4 aromatic rings. The minimum Gasteiger partial charge on any atom is -0.489 e. The van der Waals surface area contributed by atoms with Crippen molar-refractivity contribution in [3.05, 3.63) is 90.1 Å². The van der Waals surface area contributed by atoms with E-state index < -0.39 is 0 Å². The smallest absolute Gasteiger partial charge is 0.226 e. The van der Waals surface area contributed by atoms with E-state index in [0.29, 0.717) is 19.6 Å². The molecule has 5 heteroatoms. The molecule has 29 heavy (non-hydrogen) atoms. The van der Waals surface area contributed by atoms with Crippen LogP contribution in [0.25, 0.3) is 10.9 Å². The number of hydrogen-bond donors (Lipinski definition) is 1. The van der Waals surface area contributed by atoms with E-state index in [1.807, 2.05) is 77.6 Å². The molecule has 0 unspecified atom stereocenters. The minimum atomic E-state index is -0.0394. The van der Waals surface area contributed by atoms with Crippen molar-refractivity contribution in [3.63, 3.8) is 0 Å². The van der Waals surface area contributed by atoms with E-state index in [1.54, 1.807) is 0 Å². The predicted molar refractivity (Wildman–Crippen MR) is 115 cm³/mol. The zero-order valence-electron chi connectivity index (χ0n) is 16.3. The third-order valence-electron chi connectivity index (χ3n) is 4.82. The lowest BCUT2D eigenvalue weighted by Crippen LogP contribution is -2.15. The van der Waals surface area contributed by atoms with E-state index in [9.17, 15) is 4.79 Å². The molecule has 0 saturated heterocycles. The van der Waals surface area contributed by atoms with Crippen LogP contribution in [-0.2, 0) is 17.9 Å². The number of amides is 1. The summed E-state index contributed by atoms with van der Waals surface area (Å²) < 4.78 is 7.66. The van der Waals surface area contributed by atoms with Crippen LogP contribution in [0.5, 0.6) is 5.75 Å². The Bertz CT molecular complexity index is 1120. The number of aromatic nitrogens is 2. The number of benzene rings is 3. The molecule has 0 saturated carbocycles. The van der Waals surface area contributed by atoms with E-state index >= 15 is 0 Å². The number of fused-ring (bicyclic) bond motifs is 1. The lowest BCUT2D eigenvalue weighted by molar-refractivity contribution is -0.116. The number of aryl methyl sites for hydroxylation is 2. The topological polar surface area (TPSA) is 56.2 Å². The number of anilines is 1. The molecule has 0 fully saturated rings. The SMILES string of the molecule is Cc1cccc2c1cnn2CCC(=O)Nc1cccc(COc2ccccc2)c1. The van der Waals surface area contributed by atoms with E-state index in [2.05, 4.69) is 23.4 Å². The number of hydrogen-bond acceptors (Lipinski definition) is 3. The highest BCUT2D eigenvalue weighted by Gasteiger charge is 2.08. The van der Waals surface area contributed by atoms with Crippen LogP contribution in [0, 0.1) is 6.92 Å². The molecule has 5 nitrogen and oxygen atoms in total. The summed E-state index contributed by atoms with van der Waals surface area (Å²) in [6.45, 7) is 3.05. The van der Waals surface area contributed by atoms with Crippen LogP contribution in [-0.4, -0.2) is 15.7 Å². The van der Waals surface area contributed by atoms with Crippen LogP contribution in [0.2, 0.25) is 0 Å². The van der Waals surface area contributed by atoms with Crippen LogP contribution in [0.3, 0.4) is 0 Å². The lowest BCUT2D eigenvalue weighted by Gasteiger charge is -2.09. The maximum atomic E-state index is 12.4. The second-order valence-corrected chi connectivity index (χ2v) is 6.98. The van der Waals surface area contributed by atoms with Gasteiger partial charge < -0.3 is 10.1 Å². The van der Waals surface area contributed by atoms with Gasteiger partial charge in [0.25, 0.3) is 0 Å². The Morgan fingerprint density at radius 3 is 2.72 bits per heavy atom. The van der Waals surface area contributed by atoms with Crippen molar-refractivity contribution in [1.82, 2.24) is 9.78 Å². The summed E-state index contributed by atoms with van der Waals surface area (Å²) in [5, 5.41) is 8.51. The van der Waals surface area contributed by atoms with Gasteiger partial charge in [0, 0.05) is 17.5 Å². The predicted octanol–water partition coefficient (Wildman–Crippen LogP) is 4.95. The molecule has 0 bridgehead atoms. The van der Waals surface area contributed by atoms with Crippen LogP contribution in [0.1, 0.15) is 17.5 Å². The fourth-order valence-electron chi connectivity index (χ4n) is 3.28. The normalized spacial score (nSPS) is 10.8. The van der Waals surface area contributed by atoms with Crippen molar-refractivity contribution in [2.24, 2.45) is 0 Å². The highest BCUT2D eigenvalue weighted by molar-refractivity contribution is 5.91. The highest BCUT2D eigenvalue weighted by atomic mass is 16.5. The van der Waals surface area contributed by atoms with Gasteiger partial charge in [0.2, 0.25) is 5.91 Å². The quantitative estimate of drug-likeness (QED) is 0.490. The van der Waals surface area contributed by atoms with Gasteiger partial charge in [-0.1, -0.05) is 42.5 Å². The molecule has 0 radical (unpaired) electrons. The van der Waals surface area contributed by atoms with E-state index in [4.69, 9.17) is 4.74 Å². The molecule has 0 aliphatic carbocycles. The fourth-order valence-corrected chi connectivity index (χ4v) is 3.28. The average molecular weight is 385 g/mol. The standard InChI is InChI=1S/C24H23N3O2/c1-18-7-5-12-23-22(18)16-25-27(23)14-13-24(28)26-20-9-6-8-19(15-20)17-29-21-10-3-2-4-11-21/h2-12,15-16H,13-14,17H2,1H3,(H,26,28). The Morgan fingerprint density at radius 1 is 1.03 bits per heavy atom. The first kappa shape index (κ1) is 18.7. The first-order valence-electron chi connectivity index (χ1n) is 9.67. The molecular weight excluding hydrogens is 362 g/mol. The largest absolute Gasteiger partial charge is 0.489 e. The molecule has 0 aliphatic rings. The molecule has 1 heterocycles. The number of carbonyl (C=O) groups is 1. The van der Waals surface area contributed by atoms with Gasteiger partial charge in [-0.05, 0) is 48.4 Å². The number of nitrogens with one attached hydrogen (secondary N) is 1. The van der Waals surface area contributed by atoms with E-state index in [0.717, 1.165) is 27.9 Å². The average Bonchev–Trinajstić information content (AvgIpc) is 3.16. The summed E-state index contributed by atoms with van der Waals surface area (Å²) in [4.78, 5) is 12.4. The Balaban J connectivity index is 1.34. The summed E-state index contributed by atoms with van der Waals surface area (Å²) in [6.07, 6.45) is 2.22. The number of nitrogens with zero attached hydrogens (tertiary/aromatic N) is 2. The Hall–Kier alpha value is -3.60. The summed E-state index contributed by atoms with van der Waals surface area (Å²) in [5.74, 6) is 0.783. The van der Waals surface area contributed by atoms with Gasteiger partial charge >= 0.3 is 0 Å². The van der Waals surface area contributed by atoms with Crippen molar-refractivity contribution < 1.29 is 9.53 Å². The summed E-state index contributed by atoms with van der Waals surface area (Å²) in [7, 11) is 0. The first-order valence-corrected chi connectivity index (χ1v) is 9.67. The summed E-state index contributed by atoms with van der Waals surface area (Å²) in [6, 6.07) is 23.5. The number of para-hydroxylation sites is 1. The maximum absolute atomic E-state index is 12.4. The lowest BCUT2D eigenvalue weighted by atomic mass is 10.1. The molecule has 0 aliphatic heterocycles. The molecule has 1 N–H and O–H groups in total. The number of rotatable bonds is 7. The van der Waals surface area contributed by atoms with E-state index in [-0.39, 0.29) is 5.91 Å².